The van der Waals surface area contributed by atoms with Crippen molar-refractivity contribution >= 4 is 17.3 Å². The first-order valence-corrected chi connectivity index (χ1v) is 8.64. The Bertz CT molecular complexity index is 793. The van der Waals surface area contributed by atoms with Crippen LogP contribution in [-0.2, 0) is 6.42 Å². The molecule has 0 bridgehead atoms. The molecule has 1 aromatic carbocycles. The van der Waals surface area contributed by atoms with E-state index in [-0.39, 0.29) is 5.95 Å². The number of hydrogen-bond acceptors (Lipinski definition) is 5. The molecule has 118 valence electrons. The van der Waals surface area contributed by atoms with E-state index in [2.05, 4.69) is 41.2 Å². The molecule has 3 aromatic rings. The molecule has 5 heteroatoms. The summed E-state index contributed by atoms with van der Waals surface area (Å²) in [5, 5.41) is 1.01. The average molecular weight is 324 g/mol. The molecule has 0 atom stereocenters. The minimum atomic E-state index is 0.289. The second-order valence-corrected chi connectivity index (χ2v) is 6.53. The van der Waals surface area contributed by atoms with Gasteiger partial charge in [-0.25, -0.2) is 15.0 Å². The topological polar surface area (TPSA) is 64.7 Å². The molecule has 0 amide bonds. The standard InChI is InChI=1S/C18H20N4S/c1-3-4-5-13-6-8-14(9-7-13)17-21-12(2)16(23-17)15-10-11-20-18(19)22-15/h6-11H,3-5H2,1-2H3,(H2,19,20,22). The fourth-order valence-electron chi connectivity index (χ4n) is 2.45. The maximum atomic E-state index is 5.68. The first-order chi connectivity index (χ1) is 11.2. The van der Waals surface area contributed by atoms with Gasteiger partial charge in [0.2, 0.25) is 5.95 Å². The van der Waals surface area contributed by atoms with E-state index in [1.54, 1.807) is 17.5 Å². The number of rotatable bonds is 5. The Morgan fingerprint density at radius 2 is 1.87 bits per heavy atom. The quantitative estimate of drug-likeness (QED) is 0.750. The summed E-state index contributed by atoms with van der Waals surface area (Å²) in [6.07, 6.45) is 5.27. The molecular formula is C18H20N4S. The van der Waals surface area contributed by atoms with Crippen molar-refractivity contribution in [3.63, 3.8) is 0 Å². The third-order valence-corrected chi connectivity index (χ3v) is 4.95. The third-order valence-electron chi connectivity index (χ3n) is 3.72. The summed E-state index contributed by atoms with van der Waals surface area (Å²) in [4.78, 5) is 14.0. The van der Waals surface area contributed by atoms with Crippen molar-refractivity contribution in [3.05, 3.63) is 47.8 Å². The molecule has 0 aliphatic carbocycles. The lowest BCUT2D eigenvalue weighted by molar-refractivity contribution is 0.795. The first kappa shape index (κ1) is 15.6. The van der Waals surface area contributed by atoms with E-state index in [9.17, 15) is 0 Å². The molecule has 0 spiro atoms. The molecule has 23 heavy (non-hydrogen) atoms. The molecule has 2 N–H and O–H groups in total. The summed E-state index contributed by atoms with van der Waals surface area (Å²) in [5.74, 6) is 0.289. The normalized spacial score (nSPS) is 10.9. The van der Waals surface area contributed by atoms with Gasteiger partial charge in [-0.15, -0.1) is 11.3 Å². The van der Waals surface area contributed by atoms with E-state index < -0.39 is 0 Å². The van der Waals surface area contributed by atoms with Crippen molar-refractivity contribution in [3.8, 4) is 21.1 Å². The highest BCUT2D eigenvalue weighted by atomic mass is 32.1. The summed E-state index contributed by atoms with van der Waals surface area (Å²) in [6, 6.07) is 10.6. The Hall–Kier alpha value is -2.27. The van der Waals surface area contributed by atoms with Crippen LogP contribution in [0.15, 0.2) is 36.5 Å². The number of nitrogens with zero attached hydrogens (tertiary/aromatic N) is 3. The smallest absolute Gasteiger partial charge is 0.220 e. The number of hydrogen-bond donors (Lipinski definition) is 1. The van der Waals surface area contributed by atoms with Gasteiger partial charge in [0.1, 0.15) is 5.01 Å². The maximum Gasteiger partial charge on any atom is 0.220 e. The molecule has 2 aromatic heterocycles. The first-order valence-electron chi connectivity index (χ1n) is 7.83. The predicted molar refractivity (Wildman–Crippen MR) is 96.3 cm³/mol. The lowest BCUT2D eigenvalue weighted by Gasteiger charge is -2.01. The number of thiazole rings is 1. The highest BCUT2D eigenvalue weighted by Gasteiger charge is 2.12. The molecule has 0 unspecified atom stereocenters. The zero-order valence-electron chi connectivity index (χ0n) is 13.4. The number of aromatic nitrogens is 3. The number of anilines is 1. The van der Waals surface area contributed by atoms with E-state index in [1.165, 1.54) is 18.4 Å². The second-order valence-electron chi connectivity index (χ2n) is 5.53. The molecule has 0 saturated heterocycles. The van der Waals surface area contributed by atoms with Gasteiger partial charge in [0.15, 0.2) is 0 Å². The molecular weight excluding hydrogens is 304 g/mol. The Balaban J connectivity index is 1.88. The SMILES string of the molecule is CCCCc1ccc(-c2nc(C)c(-c3ccnc(N)n3)s2)cc1. The molecule has 3 rings (SSSR count). The highest BCUT2D eigenvalue weighted by molar-refractivity contribution is 7.18. The lowest BCUT2D eigenvalue weighted by atomic mass is 10.1. The summed E-state index contributed by atoms with van der Waals surface area (Å²) in [7, 11) is 0. The monoisotopic (exact) mass is 324 g/mol. The van der Waals surface area contributed by atoms with Crippen LogP contribution in [0, 0.1) is 6.92 Å². The van der Waals surface area contributed by atoms with Crippen LogP contribution < -0.4 is 5.73 Å². The van der Waals surface area contributed by atoms with Crippen LogP contribution in [0.5, 0.6) is 0 Å². The van der Waals surface area contributed by atoms with E-state index in [4.69, 9.17) is 10.7 Å². The van der Waals surface area contributed by atoms with Crippen molar-refractivity contribution in [2.24, 2.45) is 0 Å². The van der Waals surface area contributed by atoms with Gasteiger partial charge in [-0.3, -0.25) is 0 Å². The number of benzene rings is 1. The van der Waals surface area contributed by atoms with E-state index in [1.807, 2.05) is 13.0 Å². The third kappa shape index (κ3) is 3.56. The Kier molecular flexibility index (Phi) is 4.67. The van der Waals surface area contributed by atoms with Gasteiger partial charge >= 0.3 is 0 Å². The zero-order chi connectivity index (χ0) is 16.2. The Morgan fingerprint density at radius 3 is 2.57 bits per heavy atom. The van der Waals surface area contributed by atoms with Crippen LogP contribution in [0.1, 0.15) is 31.0 Å². The summed E-state index contributed by atoms with van der Waals surface area (Å²) < 4.78 is 0. The number of aryl methyl sites for hydroxylation is 2. The number of nitrogens with two attached hydrogens (primary N) is 1. The lowest BCUT2D eigenvalue weighted by Crippen LogP contribution is -1.94. The molecule has 0 saturated carbocycles. The molecule has 0 fully saturated rings. The summed E-state index contributed by atoms with van der Waals surface area (Å²) in [6.45, 7) is 4.22. The van der Waals surface area contributed by atoms with Crippen LogP contribution in [0.25, 0.3) is 21.1 Å². The minimum Gasteiger partial charge on any atom is -0.368 e. The van der Waals surface area contributed by atoms with E-state index in [0.717, 1.165) is 33.3 Å². The van der Waals surface area contributed by atoms with Gasteiger partial charge in [-0.1, -0.05) is 37.6 Å². The fraction of sp³-hybridized carbons (Fsp3) is 0.278. The summed E-state index contributed by atoms with van der Waals surface area (Å²) in [5.41, 5.74) is 10.0. The highest BCUT2D eigenvalue weighted by Crippen LogP contribution is 2.34. The predicted octanol–water partition coefficient (Wildman–Crippen LogP) is 4.50. The van der Waals surface area contributed by atoms with Crippen molar-refractivity contribution in [2.75, 3.05) is 5.73 Å². The van der Waals surface area contributed by atoms with Crippen molar-refractivity contribution in [1.29, 1.82) is 0 Å². The van der Waals surface area contributed by atoms with Crippen LogP contribution >= 0.6 is 11.3 Å². The van der Waals surface area contributed by atoms with Gasteiger partial charge in [0.05, 0.1) is 16.3 Å². The van der Waals surface area contributed by atoms with Crippen LogP contribution in [0.4, 0.5) is 5.95 Å². The van der Waals surface area contributed by atoms with E-state index >= 15 is 0 Å². The van der Waals surface area contributed by atoms with Gasteiger partial charge < -0.3 is 5.73 Å². The largest absolute Gasteiger partial charge is 0.368 e. The number of unbranched alkanes of at least 4 members (excludes halogenated alkanes) is 1. The van der Waals surface area contributed by atoms with Gasteiger partial charge in [0.25, 0.3) is 0 Å². The molecule has 0 aliphatic heterocycles. The van der Waals surface area contributed by atoms with Crippen LogP contribution in [0.2, 0.25) is 0 Å². The average Bonchev–Trinajstić information content (AvgIpc) is 2.95. The van der Waals surface area contributed by atoms with Gasteiger partial charge in [-0.05, 0) is 31.4 Å². The molecule has 4 nitrogen and oxygen atoms in total. The second kappa shape index (κ2) is 6.87. The van der Waals surface area contributed by atoms with Gasteiger partial charge in [0, 0.05) is 11.8 Å². The van der Waals surface area contributed by atoms with Gasteiger partial charge in [-0.2, -0.15) is 0 Å². The Labute approximate surface area is 140 Å². The summed E-state index contributed by atoms with van der Waals surface area (Å²) >= 11 is 1.64. The zero-order valence-corrected chi connectivity index (χ0v) is 14.2. The minimum absolute atomic E-state index is 0.289. The van der Waals surface area contributed by atoms with Crippen molar-refractivity contribution in [2.45, 2.75) is 33.1 Å². The van der Waals surface area contributed by atoms with E-state index in [0.29, 0.717) is 0 Å². The van der Waals surface area contributed by atoms with Crippen molar-refractivity contribution < 1.29 is 0 Å². The van der Waals surface area contributed by atoms with Crippen molar-refractivity contribution in [1.82, 2.24) is 15.0 Å². The van der Waals surface area contributed by atoms with Crippen LogP contribution in [-0.4, -0.2) is 15.0 Å². The molecule has 2 heterocycles. The molecule has 0 aliphatic rings. The maximum absolute atomic E-state index is 5.68. The Morgan fingerprint density at radius 1 is 1.09 bits per heavy atom. The van der Waals surface area contributed by atoms with Crippen LogP contribution in [0.3, 0.4) is 0 Å². The fourth-order valence-corrected chi connectivity index (χ4v) is 3.49. The number of nitrogen functional groups attached to an aromatic ring is 1. The molecule has 0 radical (unpaired) electrons.